The van der Waals surface area contributed by atoms with E-state index in [0.29, 0.717) is 37.7 Å². The van der Waals surface area contributed by atoms with Crippen LogP contribution in [0, 0.1) is 17.8 Å². The minimum Gasteiger partial charge on any atom is -0.508 e. The molecule has 0 aromatic heterocycles. The molecule has 4 aromatic carbocycles. The van der Waals surface area contributed by atoms with Crippen molar-refractivity contribution >= 4 is 17.7 Å². The molecule has 3 atom stereocenters. The van der Waals surface area contributed by atoms with Gasteiger partial charge in [-0.2, -0.15) is 0 Å². The van der Waals surface area contributed by atoms with E-state index in [9.17, 15) is 19.5 Å². The molecule has 4 heterocycles. The monoisotopic (exact) mass is 695 g/mol. The number of nitrogens with one attached hydrogen (secondary N) is 1. The number of hydrogen-bond donors (Lipinski definition) is 2. The second-order valence-corrected chi connectivity index (χ2v) is 14.2. The molecule has 9 heteroatoms. The third kappa shape index (κ3) is 6.99. The highest BCUT2D eigenvalue weighted by atomic mass is 16.5. The molecule has 0 radical (unpaired) electrons. The molecule has 9 nitrogen and oxygen atoms in total. The molecule has 4 aliphatic rings. The van der Waals surface area contributed by atoms with Gasteiger partial charge in [-0.05, 0) is 71.8 Å². The van der Waals surface area contributed by atoms with Gasteiger partial charge in [0.15, 0.2) is 0 Å². The first-order valence-corrected chi connectivity index (χ1v) is 18.1. The van der Waals surface area contributed by atoms with Crippen molar-refractivity contribution in [3.63, 3.8) is 0 Å². The van der Waals surface area contributed by atoms with Crippen molar-refractivity contribution < 1.29 is 29.0 Å². The maximum absolute atomic E-state index is 12.9. The van der Waals surface area contributed by atoms with Crippen LogP contribution >= 0.6 is 0 Å². The molecule has 264 valence electrons. The van der Waals surface area contributed by atoms with Gasteiger partial charge in [0.05, 0.1) is 6.61 Å². The molecule has 3 amide bonds. The van der Waals surface area contributed by atoms with E-state index < -0.39 is 11.9 Å². The smallest absolute Gasteiger partial charge is 0.255 e. The Balaban J connectivity index is 0.785. The van der Waals surface area contributed by atoms with Crippen molar-refractivity contribution in [1.29, 1.82) is 0 Å². The number of phenolic OH excluding ortho intramolecular Hbond substituents is 1. The lowest BCUT2D eigenvalue weighted by molar-refractivity contribution is -0.136. The summed E-state index contributed by atoms with van der Waals surface area (Å²) in [5.41, 5.74) is 5.83. The van der Waals surface area contributed by atoms with Gasteiger partial charge < -0.3 is 19.5 Å². The quantitative estimate of drug-likeness (QED) is 0.173. The number of benzene rings is 4. The number of nitrogens with zero attached hydrogens (tertiary/aromatic N) is 2. The Morgan fingerprint density at radius 3 is 2.56 bits per heavy atom. The molecule has 2 saturated heterocycles. The highest BCUT2D eigenvalue weighted by Gasteiger charge is 2.39. The molecule has 0 aliphatic carbocycles. The van der Waals surface area contributed by atoms with Crippen LogP contribution in [0.25, 0.3) is 0 Å². The molecule has 4 aliphatic heterocycles. The van der Waals surface area contributed by atoms with Crippen molar-refractivity contribution in [2.75, 3.05) is 32.8 Å². The summed E-state index contributed by atoms with van der Waals surface area (Å²) in [7, 11) is 0. The van der Waals surface area contributed by atoms with E-state index in [1.54, 1.807) is 23.1 Å². The SMILES string of the molecule is O=C1CCC(N2Cc3cc(C#CCCC4CN(CCOc5ccc([C@H]6c7ccc(O)cc7OC[C@H]6c6ccccc6)cc5)C4)ccc3C2=O)C(=O)N1. The molecule has 8 rings (SSSR count). The molecule has 4 aromatic rings. The average Bonchev–Trinajstić information content (AvgIpc) is 3.46. The third-order valence-electron chi connectivity index (χ3n) is 10.8. The predicted molar refractivity (Wildman–Crippen MR) is 195 cm³/mol. The standard InChI is InChI=1S/C43H41N3O6/c47-33-13-17-36-39(23-33)52-27-37(30-8-2-1-3-9-30)41(36)31-11-14-34(15-12-31)51-21-20-45-24-29(25-45)7-5-4-6-28-10-16-35-32(22-28)26-46(43(35)50)38-18-19-40(48)44-42(38)49/h1-3,8-17,22-23,29,37-38,41,47H,5,7,18-21,24-27H2,(H,44,48,49)/t37-,38?,41-/m0/s1. The average molecular weight is 696 g/mol. The van der Waals surface area contributed by atoms with E-state index in [4.69, 9.17) is 9.47 Å². The third-order valence-corrected chi connectivity index (χ3v) is 10.8. The van der Waals surface area contributed by atoms with Crippen LogP contribution in [-0.4, -0.2) is 71.5 Å². The number of fused-ring (bicyclic) bond motifs is 2. The van der Waals surface area contributed by atoms with E-state index in [1.807, 2.05) is 24.3 Å². The van der Waals surface area contributed by atoms with Gasteiger partial charge in [-0.3, -0.25) is 24.6 Å². The Labute approximate surface area is 303 Å². The number of ether oxygens (including phenoxy) is 2. The van der Waals surface area contributed by atoms with Crippen molar-refractivity contribution in [2.24, 2.45) is 5.92 Å². The maximum atomic E-state index is 12.9. The number of carbonyl (C=O) groups excluding carboxylic acids is 3. The molecule has 52 heavy (non-hydrogen) atoms. The van der Waals surface area contributed by atoms with Crippen LogP contribution in [0.1, 0.15) is 75.7 Å². The van der Waals surface area contributed by atoms with Gasteiger partial charge in [-0.25, -0.2) is 0 Å². The fourth-order valence-electron chi connectivity index (χ4n) is 8.00. The number of amides is 3. The van der Waals surface area contributed by atoms with E-state index in [0.717, 1.165) is 60.7 Å². The van der Waals surface area contributed by atoms with Crippen LogP contribution < -0.4 is 14.8 Å². The fraction of sp³-hybridized carbons (Fsp3) is 0.326. The minimum atomic E-state index is -0.610. The number of aromatic hydroxyl groups is 1. The highest BCUT2D eigenvalue weighted by Crippen LogP contribution is 2.47. The molecule has 0 spiro atoms. The second kappa shape index (κ2) is 14.6. The van der Waals surface area contributed by atoms with Crippen LogP contribution in [0.5, 0.6) is 17.2 Å². The Morgan fingerprint density at radius 2 is 1.75 bits per heavy atom. The predicted octanol–water partition coefficient (Wildman–Crippen LogP) is 5.60. The van der Waals surface area contributed by atoms with Crippen LogP contribution in [0.4, 0.5) is 0 Å². The van der Waals surface area contributed by atoms with E-state index in [2.05, 4.69) is 70.6 Å². The Bertz CT molecular complexity index is 2050. The van der Waals surface area contributed by atoms with Crippen molar-refractivity contribution in [2.45, 2.75) is 50.1 Å². The molecule has 1 unspecified atom stereocenters. The van der Waals surface area contributed by atoms with Crippen LogP contribution in [0.15, 0.2) is 91.0 Å². The van der Waals surface area contributed by atoms with E-state index in [1.165, 1.54) is 11.1 Å². The Kier molecular flexibility index (Phi) is 9.40. The summed E-state index contributed by atoms with van der Waals surface area (Å²) in [6.45, 7) is 4.48. The summed E-state index contributed by atoms with van der Waals surface area (Å²) < 4.78 is 12.3. The molecule has 0 bridgehead atoms. The van der Waals surface area contributed by atoms with Crippen LogP contribution in [0.3, 0.4) is 0 Å². The molecule has 0 saturated carbocycles. The first-order chi connectivity index (χ1) is 25.4. The summed E-state index contributed by atoms with van der Waals surface area (Å²) in [5.74, 6) is 8.37. The van der Waals surface area contributed by atoms with Gasteiger partial charge in [0.25, 0.3) is 5.91 Å². The lowest BCUT2D eigenvalue weighted by Gasteiger charge is -2.39. The summed E-state index contributed by atoms with van der Waals surface area (Å²) in [4.78, 5) is 40.8. The number of piperidine rings is 1. The molecule has 2 fully saturated rings. The summed E-state index contributed by atoms with van der Waals surface area (Å²) in [5, 5.41) is 12.4. The number of carbonyl (C=O) groups is 3. The fourth-order valence-corrected chi connectivity index (χ4v) is 8.00. The van der Waals surface area contributed by atoms with Gasteiger partial charge >= 0.3 is 0 Å². The summed E-state index contributed by atoms with van der Waals surface area (Å²) in [6, 6.07) is 29.3. The number of likely N-dealkylation sites (tertiary alicyclic amines) is 1. The summed E-state index contributed by atoms with van der Waals surface area (Å²) >= 11 is 0. The lowest BCUT2D eigenvalue weighted by atomic mass is 9.76. The van der Waals surface area contributed by atoms with Crippen LogP contribution in [0.2, 0.25) is 0 Å². The topological polar surface area (TPSA) is 108 Å². The van der Waals surface area contributed by atoms with Crippen molar-refractivity contribution in [3.8, 4) is 29.1 Å². The Hall–Kier alpha value is -5.59. The van der Waals surface area contributed by atoms with Gasteiger partial charge in [-0.15, -0.1) is 0 Å². The number of imide groups is 1. The zero-order valence-electron chi connectivity index (χ0n) is 28.9. The molecular weight excluding hydrogens is 654 g/mol. The highest BCUT2D eigenvalue weighted by molar-refractivity contribution is 6.05. The van der Waals surface area contributed by atoms with Gasteiger partial charge in [0, 0.05) is 73.6 Å². The summed E-state index contributed by atoms with van der Waals surface area (Å²) in [6.07, 6.45) is 2.45. The van der Waals surface area contributed by atoms with Crippen LogP contribution in [-0.2, 0) is 16.1 Å². The number of phenols is 1. The van der Waals surface area contributed by atoms with Gasteiger partial charge in [0.1, 0.15) is 29.9 Å². The van der Waals surface area contributed by atoms with Gasteiger partial charge in [-0.1, -0.05) is 60.4 Å². The van der Waals surface area contributed by atoms with Crippen molar-refractivity contribution in [1.82, 2.24) is 15.1 Å². The first-order valence-electron chi connectivity index (χ1n) is 18.1. The van der Waals surface area contributed by atoms with E-state index >= 15 is 0 Å². The maximum Gasteiger partial charge on any atom is 0.255 e. The lowest BCUT2D eigenvalue weighted by Crippen LogP contribution is -2.52. The first kappa shape index (κ1) is 33.5. The normalized spacial score (nSPS) is 21.3. The zero-order valence-corrected chi connectivity index (χ0v) is 28.9. The number of rotatable bonds is 9. The van der Waals surface area contributed by atoms with Crippen molar-refractivity contribution in [3.05, 3.63) is 124 Å². The van der Waals surface area contributed by atoms with E-state index in [-0.39, 0.29) is 35.8 Å². The Morgan fingerprint density at radius 1 is 0.923 bits per heavy atom. The molecular formula is C43H41N3O6. The number of hydrogen-bond acceptors (Lipinski definition) is 7. The second-order valence-electron chi connectivity index (χ2n) is 14.2. The largest absolute Gasteiger partial charge is 0.508 e. The van der Waals surface area contributed by atoms with Gasteiger partial charge in [0.2, 0.25) is 11.8 Å². The molecule has 2 N–H and O–H groups in total. The zero-order chi connectivity index (χ0) is 35.6. The minimum absolute atomic E-state index is 0.0976.